The minimum atomic E-state index is -3.14. The Labute approximate surface area is 73.0 Å². The first kappa shape index (κ1) is 10.8. The predicted octanol–water partition coefficient (Wildman–Crippen LogP) is 3.79. The van der Waals surface area contributed by atoms with Crippen LogP contribution in [0.5, 0.6) is 0 Å². The molecule has 0 aromatic heterocycles. The van der Waals surface area contributed by atoms with Gasteiger partial charge in [0.25, 0.3) is 0 Å². The van der Waals surface area contributed by atoms with E-state index in [0.717, 1.165) is 0 Å². The molecule has 0 heterocycles. The van der Waals surface area contributed by atoms with E-state index in [-0.39, 0.29) is 0 Å². The highest BCUT2D eigenvalue weighted by Gasteiger charge is 2.39. The number of allylic oxidation sites excluding steroid dienone is 5. The van der Waals surface area contributed by atoms with Crippen LogP contribution < -0.4 is 0 Å². The molecule has 0 spiro atoms. The topological polar surface area (TPSA) is 0 Å². The van der Waals surface area contributed by atoms with E-state index in [1.54, 1.807) is 0 Å². The molecule has 1 aliphatic carbocycles. The van der Waals surface area contributed by atoms with Crippen LogP contribution in [0, 0.1) is 0 Å². The van der Waals surface area contributed by atoms with Crippen LogP contribution in [0.4, 0.5) is 30.7 Å². The third-order valence-electron chi connectivity index (χ3n) is 1.50. The second-order valence-corrected chi connectivity index (χ2v) is 2.32. The summed E-state index contributed by atoms with van der Waals surface area (Å²) in [5, 5.41) is 0. The van der Waals surface area contributed by atoms with E-state index in [0.29, 0.717) is 0 Å². The lowest BCUT2D eigenvalue weighted by atomic mass is 10.2. The summed E-state index contributed by atoms with van der Waals surface area (Å²) in [6.45, 7) is 0. The lowest BCUT2D eigenvalue weighted by Gasteiger charge is -1.96. The maximum atomic E-state index is 12.5. The standard InChI is InChI=1S/C7HF7/c8-2-1(4(10)7(13)14)3(9)6(12)5(2)11/h5H. The number of halogens is 7. The first-order chi connectivity index (χ1) is 6.37. The Morgan fingerprint density at radius 2 is 1.43 bits per heavy atom. The molecule has 0 fully saturated rings. The van der Waals surface area contributed by atoms with Gasteiger partial charge in [0, 0.05) is 0 Å². The molecule has 1 atom stereocenters. The molecule has 0 radical (unpaired) electrons. The molecule has 0 saturated carbocycles. The summed E-state index contributed by atoms with van der Waals surface area (Å²) in [6, 6.07) is 0. The molecule has 0 bridgehead atoms. The van der Waals surface area contributed by atoms with Crippen molar-refractivity contribution in [3.05, 3.63) is 35.0 Å². The summed E-state index contributed by atoms with van der Waals surface area (Å²) in [5.74, 6) is -9.35. The highest BCUT2D eigenvalue weighted by molar-refractivity contribution is 5.51. The van der Waals surface area contributed by atoms with Crippen molar-refractivity contribution in [1.82, 2.24) is 0 Å². The molecule has 0 aromatic carbocycles. The zero-order valence-electron chi connectivity index (χ0n) is 6.22. The molecular weight excluding hydrogens is 217 g/mol. The van der Waals surface area contributed by atoms with E-state index in [4.69, 9.17) is 0 Å². The average Bonchev–Trinajstić information content (AvgIpc) is 2.30. The smallest absolute Gasteiger partial charge is 0.232 e. The highest BCUT2D eigenvalue weighted by atomic mass is 19.3. The monoisotopic (exact) mass is 218 g/mol. The largest absolute Gasteiger partial charge is 0.306 e. The molecule has 0 aliphatic heterocycles. The van der Waals surface area contributed by atoms with Crippen LogP contribution in [0.1, 0.15) is 0 Å². The van der Waals surface area contributed by atoms with E-state index in [1.807, 2.05) is 0 Å². The van der Waals surface area contributed by atoms with Gasteiger partial charge in [-0.25, -0.2) is 22.0 Å². The fourth-order valence-electron chi connectivity index (χ4n) is 0.869. The van der Waals surface area contributed by atoms with Gasteiger partial charge < -0.3 is 0 Å². The first-order valence-corrected chi connectivity index (χ1v) is 3.18. The van der Waals surface area contributed by atoms with Gasteiger partial charge in [-0.05, 0) is 0 Å². The van der Waals surface area contributed by atoms with Crippen molar-refractivity contribution in [2.45, 2.75) is 6.17 Å². The van der Waals surface area contributed by atoms with Crippen LogP contribution in [0.2, 0.25) is 0 Å². The lowest BCUT2D eigenvalue weighted by Crippen LogP contribution is -1.96. The zero-order chi connectivity index (χ0) is 11.0. The van der Waals surface area contributed by atoms with Crippen molar-refractivity contribution >= 4 is 0 Å². The van der Waals surface area contributed by atoms with E-state index >= 15 is 0 Å². The third-order valence-corrected chi connectivity index (χ3v) is 1.50. The van der Waals surface area contributed by atoms with Crippen molar-refractivity contribution in [2.75, 3.05) is 0 Å². The van der Waals surface area contributed by atoms with Gasteiger partial charge >= 0.3 is 6.08 Å². The molecule has 14 heavy (non-hydrogen) atoms. The molecule has 1 rings (SSSR count). The van der Waals surface area contributed by atoms with Crippen molar-refractivity contribution in [1.29, 1.82) is 0 Å². The zero-order valence-corrected chi connectivity index (χ0v) is 6.22. The minimum Gasteiger partial charge on any atom is -0.232 e. The molecule has 7 heteroatoms. The fourth-order valence-corrected chi connectivity index (χ4v) is 0.869. The Morgan fingerprint density at radius 3 is 1.71 bits per heavy atom. The summed E-state index contributed by atoms with van der Waals surface area (Å²) in [5.41, 5.74) is -1.99. The molecule has 1 aliphatic rings. The summed E-state index contributed by atoms with van der Waals surface area (Å²) in [7, 11) is 0. The molecule has 1 unspecified atom stereocenters. The highest BCUT2D eigenvalue weighted by Crippen LogP contribution is 2.42. The predicted molar refractivity (Wildman–Crippen MR) is 32.6 cm³/mol. The van der Waals surface area contributed by atoms with Gasteiger partial charge in [-0.3, -0.25) is 0 Å². The molecule has 0 amide bonds. The lowest BCUT2D eigenvalue weighted by molar-refractivity contribution is 0.322. The Morgan fingerprint density at radius 1 is 0.929 bits per heavy atom. The van der Waals surface area contributed by atoms with Crippen LogP contribution in [0.3, 0.4) is 0 Å². The van der Waals surface area contributed by atoms with Crippen LogP contribution in [0.15, 0.2) is 35.0 Å². The van der Waals surface area contributed by atoms with Crippen molar-refractivity contribution in [2.24, 2.45) is 0 Å². The first-order valence-electron chi connectivity index (χ1n) is 3.18. The van der Waals surface area contributed by atoms with Crippen LogP contribution >= 0.6 is 0 Å². The number of alkyl halides is 1. The molecular formula is C7HF7. The maximum Gasteiger partial charge on any atom is 0.306 e. The molecule has 0 N–H and O–H groups in total. The molecule has 0 saturated heterocycles. The summed E-state index contributed by atoms with van der Waals surface area (Å²) in [6.07, 6.45) is -6.19. The van der Waals surface area contributed by atoms with Crippen LogP contribution in [-0.2, 0) is 0 Å². The number of hydrogen-bond donors (Lipinski definition) is 0. The summed E-state index contributed by atoms with van der Waals surface area (Å²) < 4.78 is 84.9. The maximum absolute atomic E-state index is 12.5. The average molecular weight is 218 g/mol. The fraction of sp³-hybridized carbons (Fsp3) is 0.143. The van der Waals surface area contributed by atoms with Gasteiger partial charge in [-0.2, -0.15) is 8.78 Å². The Bertz CT molecular complexity index is 352. The Hall–Kier alpha value is -1.27. The molecule has 0 aromatic rings. The van der Waals surface area contributed by atoms with Gasteiger partial charge in [-0.1, -0.05) is 0 Å². The molecule has 0 nitrogen and oxygen atoms in total. The quantitative estimate of drug-likeness (QED) is 0.587. The van der Waals surface area contributed by atoms with Crippen molar-refractivity contribution in [3.8, 4) is 0 Å². The number of rotatable bonds is 1. The van der Waals surface area contributed by atoms with Gasteiger partial charge in [-0.15, -0.1) is 0 Å². The SMILES string of the molecule is FC(F)=C(F)C1=C(F)C(F)C(F)=C1F. The number of hydrogen-bond acceptors (Lipinski definition) is 0. The van der Waals surface area contributed by atoms with Gasteiger partial charge in [0.15, 0.2) is 17.5 Å². The van der Waals surface area contributed by atoms with Gasteiger partial charge in [0.1, 0.15) is 0 Å². The van der Waals surface area contributed by atoms with Crippen molar-refractivity contribution < 1.29 is 30.7 Å². The second-order valence-electron chi connectivity index (χ2n) is 2.32. The van der Waals surface area contributed by atoms with Crippen molar-refractivity contribution in [3.63, 3.8) is 0 Å². The van der Waals surface area contributed by atoms with E-state index in [9.17, 15) is 30.7 Å². The van der Waals surface area contributed by atoms with E-state index in [2.05, 4.69) is 0 Å². The second kappa shape index (κ2) is 3.47. The van der Waals surface area contributed by atoms with Gasteiger partial charge in [0.2, 0.25) is 12.0 Å². The normalized spacial score (nSPS) is 22.1. The van der Waals surface area contributed by atoms with Crippen LogP contribution in [-0.4, -0.2) is 6.17 Å². The van der Waals surface area contributed by atoms with E-state index in [1.165, 1.54) is 0 Å². The van der Waals surface area contributed by atoms with Crippen LogP contribution in [0.25, 0.3) is 0 Å². The summed E-state index contributed by atoms with van der Waals surface area (Å²) in [4.78, 5) is 0. The Balaban J connectivity index is 3.31. The minimum absolute atomic E-state index is 1.99. The Kier molecular flexibility index (Phi) is 2.68. The summed E-state index contributed by atoms with van der Waals surface area (Å²) >= 11 is 0. The van der Waals surface area contributed by atoms with E-state index < -0.39 is 41.1 Å². The third kappa shape index (κ3) is 1.42. The molecule has 78 valence electrons. The van der Waals surface area contributed by atoms with Gasteiger partial charge in [0.05, 0.1) is 5.57 Å².